The molecule has 0 saturated heterocycles. The van der Waals surface area contributed by atoms with E-state index < -0.39 is 5.41 Å². The zero-order valence-corrected chi connectivity index (χ0v) is 17.8. The molecule has 2 aromatic rings. The lowest BCUT2D eigenvalue weighted by Gasteiger charge is -2.38. The van der Waals surface area contributed by atoms with E-state index >= 15 is 0 Å². The summed E-state index contributed by atoms with van der Waals surface area (Å²) in [6, 6.07) is 12.0. The molecule has 1 atom stereocenters. The van der Waals surface area contributed by atoms with Gasteiger partial charge >= 0.3 is 0 Å². The van der Waals surface area contributed by atoms with Crippen molar-refractivity contribution in [2.75, 3.05) is 10.6 Å². The summed E-state index contributed by atoms with van der Waals surface area (Å²) in [5, 5.41) is 14.5. The number of fused-ring (bicyclic) bond motifs is 2. The van der Waals surface area contributed by atoms with Crippen LogP contribution in [0, 0.1) is 0 Å². The molecule has 0 bridgehead atoms. The number of rotatable bonds is 7. The van der Waals surface area contributed by atoms with E-state index in [2.05, 4.69) is 33.0 Å². The minimum Gasteiger partial charge on any atom is -0.329 e. The van der Waals surface area contributed by atoms with E-state index in [4.69, 9.17) is 5.73 Å². The molecular weight excluding hydrogens is 390 g/mol. The summed E-state index contributed by atoms with van der Waals surface area (Å²) in [5.41, 5.74) is 14.0. The van der Waals surface area contributed by atoms with Gasteiger partial charge in [-0.25, -0.2) is 0 Å². The van der Waals surface area contributed by atoms with Crippen LogP contribution in [-0.2, 0) is 27.8 Å². The third-order valence-electron chi connectivity index (χ3n) is 6.13. The zero-order valence-electron chi connectivity index (χ0n) is 17.8. The lowest BCUT2D eigenvalue weighted by molar-refractivity contribution is -0.106. The van der Waals surface area contributed by atoms with E-state index in [-0.39, 0.29) is 6.04 Å². The normalized spacial score (nSPS) is 17.4. The van der Waals surface area contributed by atoms with Crippen molar-refractivity contribution in [2.24, 2.45) is 15.9 Å². The van der Waals surface area contributed by atoms with Crippen molar-refractivity contribution in [1.82, 2.24) is 0 Å². The van der Waals surface area contributed by atoms with Gasteiger partial charge in [-0.3, -0.25) is 9.59 Å². The van der Waals surface area contributed by atoms with Crippen LogP contribution >= 0.6 is 0 Å². The van der Waals surface area contributed by atoms with Gasteiger partial charge in [0.05, 0.1) is 11.1 Å². The van der Waals surface area contributed by atoms with Crippen LogP contribution in [0.15, 0.2) is 46.6 Å². The Balaban J connectivity index is 1.99. The summed E-state index contributed by atoms with van der Waals surface area (Å²) < 4.78 is 0. The van der Waals surface area contributed by atoms with E-state index in [1.807, 2.05) is 38.1 Å². The van der Waals surface area contributed by atoms with Gasteiger partial charge in [0, 0.05) is 29.5 Å². The lowest BCUT2D eigenvalue weighted by Crippen LogP contribution is -2.42. The van der Waals surface area contributed by atoms with Crippen LogP contribution in [0.3, 0.4) is 0 Å². The summed E-state index contributed by atoms with van der Waals surface area (Å²) in [5.74, 6) is 0. The molecule has 0 aromatic heterocycles. The Hall–Kier alpha value is -3.32. The quantitative estimate of drug-likeness (QED) is 0.602. The van der Waals surface area contributed by atoms with Crippen LogP contribution in [0.25, 0.3) is 0 Å². The van der Waals surface area contributed by atoms with E-state index in [0.717, 1.165) is 57.9 Å². The van der Waals surface area contributed by atoms with E-state index in [0.29, 0.717) is 25.7 Å². The molecule has 160 valence electrons. The second-order valence-electron chi connectivity index (χ2n) is 8.41. The molecule has 4 rings (SSSR count). The molecule has 0 spiro atoms. The maximum Gasteiger partial charge on any atom is 0.211 e. The predicted octanol–water partition coefficient (Wildman–Crippen LogP) is 3.17. The number of nitrogens with two attached hydrogens (primary N) is 1. The first-order valence-corrected chi connectivity index (χ1v) is 10.5. The molecule has 2 aliphatic rings. The highest BCUT2D eigenvalue weighted by Gasteiger charge is 2.45. The molecule has 31 heavy (non-hydrogen) atoms. The van der Waals surface area contributed by atoms with E-state index in [1.54, 1.807) is 0 Å². The Morgan fingerprint density at radius 2 is 1.55 bits per heavy atom. The first-order valence-electron chi connectivity index (χ1n) is 10.5. The minimum atomic E-state index is -0.532. The average Bonchev–Trinajstić information content (AvgIpc) is 3.13. The Kier molecular flexibility index (Phi) is 5.69. The average molecular weight is 418 g/mol. The second-order valence-corrected chi connectivity index (χ2v) is 8.41. The van der Waals surface area contributed by atoms with Gasteiger partial charge in [-0.2, -0.15) is 10.2 Å². The molecule has 7 heteroatoms. The number of amides is 2. The van der Waals surface area contributed by atoms with Crippen LogP contribution in [0.4, 0.5) is 11.4 Å². The highest BCUT2D eigenvalue weighted by Crippen LogP contribution is 2.46. The number of aryl methyl sites for hydroxylation is 2. The largest absolute Gasteiger partial charge is 0.329 e. The van der Waals surface area contributed by atoms with Crippen LogP contribution in [-0.4, -0.2) is 30.3 Å². The molecule has 1 heterocycles. The molecule has 4 N–H and O–H groups in total. The standard InChI is InChI=1S/C24H27N5O2/c1-15(25)12-24(23-9-16(2)28-29-23)21-7-5-19(26-13-30)10-17(21)3-4-18-11-20(27-14-31)6-8-22(18)24/h5-8,10-11,13-15H,3-4,9,12,25H2,1-2H3,(H,26,30)(H,27,31)/t15-/m0/s1. The summed E-state index contributed by atoms with van der Waals surface area (Å²) in [4.78, 5) is 22.0. The fraction of sp³-hybridized carbons (Fsp3) is 0.333. The maximum atomic E-state index is 11.0. The summed E-state index contributed by atoms with van der Waals surface area (Å²) >= 11 is 0. The molecule has 1 aliphatic heterocycles. The van der Waals surface area contributed by atoms with Gasteiger partial charge < -0.3 is 16.4 Å². The van der Waals surface area contributed by atoms with Gasteiger partial charge in [-0.05, 0) is 79.6 Å². The number of carbonyl (C=O) groups is 2. The number of hydrogen-bond donors (Lipinski definition) is 3. The SMILES string of the molecule is CC1=NN=C(C2(C[C@H](C)N)c3ccc(NC=O)cc3CCc3cc(NC=O)ccc32)C1. The molecule has 0 saturated carbocycles. The van der Waals surface area contributed by atoms with Gasteiger partial charge in [-0.1, -0.05) is 12.1 Å². The van der Waals surface area contributed by atoms with Gasteiger partial charge in [0.1, 0.15) is 0 Å². The van der Waals surface area contributed by atoms with Crippen LogP contribution in [0.1, 0.15) is 48.9 Å². The van der Waals surface area contributed by atoms with Crippen molar-refractivity contribution in [3.8, 4) is 0 Å². The molecule has 0 radical (unpaired) electrons. The Labute approximate surface area is 181 Å². The summed E-state index contributed by atoms with van der Waals surface area (Å²) in [6.45, 7) is 4.00. The summed E-state index contributed by atoms with van der Waals surface area (Å²) in [6.07, 6.45) is 4.35. The Bertz CT molecular complexity index is 1030. The van der Waals surface area contributed by atoms with Gasteiger partial charge in [0.15, 0.2) is 0 Å². The van der Waals surface area contributed by atoms with Crippen molar-refractivity contribution >= 4 is 35.6 Å². The third kappa shape index (κ3) is 3.77. The number of carbonyl (C=O) groups excluding carboxylic acids is 2. The Morgan fingerprint density at radius 3 is 1.97 bits per heavy atom. The maximum absolute atomic E-state index is 11.0. The van der Waals surface area contributed by atoms with Crippen molar-refractivity contribution < 1.29 is 9.59 Å². The minimum absolute atomic E-state index is 0.0806. The number of anilines is 2. The fourth-order valence-electron chi connectivity index (χ4n) is 4.99. The van der Waals surface area contributed by atoms with Gasteiger partial charge in [0.2, 0.25) is 12.8 Å². The Morgan fingerprint density at radius 1 is 1.00 bits per heavy atom. The van der Waals surface area contributed by atoms with Gasteiger partial charge in [0.25, 0.3) is 0 Å². The lowest BCUT2D eigenvalue weighted by atomic mass is 9.65. The van der Waals surface area contributed by atoms with E-state index in [1.165, 1.54) is 0 Å². The van der Waals surface area contributed by atoms with Crippen LogP contribution < -0.4 is 16.4 Å². The van der Waals surface area contributed by atoms with Crippen molar-refractivity contribution in [2.45, 2.75) is 51.0 Å². The third-order valence-corrected chi connectivity index (χ3v) is 6.13. The van der Waals surface area contributed by atoms with Crippen LogP contribution in [0.5, 0.6) is 0 Å². The van der Waals surface area contributed by atoms with Crippen molar-refractivity contribution in [1.29, 1.82) is 0 Å². The topological polar surface area (TPSA) is 109 Å². The van der Waals surface area contributed by atoms with Gasteiger partial charge in [-0.15, -0.1) is 0 Å². The highest BCUT2D eigenvalue weighted by molar-refractivity contribution is 6.13. The van der Waals surface area contributed by atoms with Crippen molar-refractivity contribution in [3.05, 3.63) is 58.7 Å². The molecule has 1 aliphatic carbocycles. The molecule has 7 nitrogen and oxygen atoms in total. The van der Waals surface area contributed by atoms with Crippen LogP contribution in [0.2, 0.25) is 0 Å². The summed E-state index contributed by atoms with van der Waals surface area (Å²) in [7, 11) is 0. The highest BCUT2D eigenvalue weighted by atomic mass is 16.1. The molecule has 0 unspecified atom stereocenters. The smallest absolute Gasteiger partial charge is 0.211 e. The number of hydrogen-bond acceptors (Lipinski definition) is 5. The second kappa shape index (κ2) is 8.43. The molecule has 2 aromatic carbocycles. The monoisotopic (exact) mass is 417 g/mol. The zero-order chi connectivity index (χ0) is 22.0. The molecule has 0 fully saturated rings. The number of nitrogens with one attached hydrogen (secondary N) is 2. The number of benzene rings is 2. The van der Waals surface area contributed by atoms with E-state index in [9.17, 15) is 9.59 Å². The first kappa shape index (κ1) is 20.9. The molecule has 2 amide bonds. The van der Waals surface area contributed by atoms with Crippen molar-refractivity contribution in [3.63, 3.8) is 0 Å². The predicted molar refractivity (Wildman–Crippen MR) is 124 cm³/mol. The first-order chi connectivity index (χ1) is 15.0. The molecular formula is C24H27N5O2. The fourth-order valence-corrected chi connectivity index (χ4v) is 4.99. The number of nitrogens with zero attached hydrogens (tertiary/aromatic N) is 2.